The molecule has 0 bridgehead atoms. The maximum atomic E-state index is 14.1. The van der Waals surface area contributed by atoms with Crippen LogP contribution in [0.15, 0.2) is 23.0 Å². The zero-order valence-electron chi connectivity index (χ0n) is 13.3. The average Bonchev–Trinajstić information content (AvgIpc) is 2.57. The molecule has 25 heavy (non-hydrogen) atoms. The molecular formula is C16H15ClFIN2O4. The zero-order chi connectivity index (χ0) is 18.6. The first-order valence-electron chi connectivity index (χ1n) is 7.26. The van der Waals surface area contributed by atoms with Gasteiger partial charge in [-0.2, -0.15) is 5.10 Å². The van der Waals surface area contributed by atoms with Gasteiger partial charge in [-0.3, -0.25) is 9.59 Å². The quantitative estimate of drug-likeness (QED) is 0.372. The first-order valence-corrected chi connectivity index (χ1v) is 8.72. The SMILES string of the molecule is Cn1nc(C(=O)COCCO)c(Cc2ccc(I)cc2F)c(Cl)c1=O. The van der Waals surface area contributed by atoms with E-state index in [1.54, 1.807) is 12.1 Å². The standard InChI is InChI=1S/C16H15ClFIN2O4/c1-21-16(24)14(17)11(6-9-2-3-10(19)7-12(9)18)15(20-21)13(23)8-25-5-4-22/h2-3,7,22H,4-6,8H2,1H3. The largest absolute Gasteiger partial charge is 0.394 e. The van der Waals surface area contributed by atoms with Crippen molar-refractivity contribution in [2.45, 2.75) is 6.42 Å². The van der Waals surface area contributed by atoms with Crippen molar-refractivity contribution in [2.24, 2.45) is 7.05 Å². The van der Waals surface area contributed by atoms with Crippen LogP contribution < -0.4 is 5.56 Å². The number of rotatable bonds is 7. The number of carbonyl (C=O) groups is 1. The van der Waals surface area contributed by atoms with Crippen molar-refractivity contribution in [3.63, 3.8) is 0 Å². The van der Waals surface area contributed by atoms with Gasteiger partial charge in [-0.05, 0) is 40.3 Å². The number of hydrogen-bond acceptors (Lipinski definition) is 5. The van der Waals surface area contributed by atoms with Crippen molar-refractivity contribution in [3.05, 3.63) is 59.8 Å². The lowest BCUT2D eigenvalue weighted by Crippen LogP contribution is -2.27. The number of carbonyl (C=O) groups excluding carboxylic acids is 1. The number of aromatic nitrogens is 2. The molecule has 1 aromatic heterocycles. The molecule has 0 fully saturated rings. The predicted octanol–water partition coefficient (Wildman–Crippen LogP) is 1.96. The highest BCUT2D eigenvalue weighted by Gasteiger charge is 2.21. The number of aliphatic hydroxyl groups is 1. The van der Waals surface area contributed by atoms with Crippen LogP contribution in [-0.2, 0) is 18.2 Å². The predicted molar refractivity (Wildman–Crippen MR) is 98.6 cm³/mol. The maximum absolute atomic E-state index is 14.1. The van der Waals surface area contributed by atoms with Gasteiger partial charge in [0.2, 0.25) is 5.78 Å². The van der Waals surface area contributed by atoms with Crippen LogP contribution in [-0.4, -0.2) is 40.5 Å². The molecule has 6 nitrogen and oxygen atoms in total. The van der Waals surface area contributed by atoms with Gasteiger partial charge in [0.1, 0.15) is 23.1 Å². The molecule has 0 atom stereocenters. The van der Waals surface area contributed by atoms with Crippen molar-refractivity contribution >= 4 is 40.0 Å². The van der Waals surface area contributed by atoms with E-state index >= 15 is 0 Å². The van der Waals surface area contributed by atoms with E-state index in [-0.39, 0.29) is 42.5 Å². The summed E-state index contributed by atoms with van der Waals surface area (Å²) >= 11 is 8.09. The Hall–Kier alpha value is -1.36. The van der Waals surface area contributed by atoms with Gasteiger partial charge < -0.3 is 9.84 Å². The van der Waals surface area contributed by atoms with Gasteiger partial charge >= 0.3 is 0 Å². The minimum atomic E-state index is -0.574. The van der Waals surface area contributed by atoms with E-state index in [2.05, 4.69) is 5.10 Å². The van der Waals surface area contributed by atoms with Gasteiger partial charge in [0.25, 0.3) is 5.56 Å². The summed E-state index contributed by atoms with van der Waals surface area (Å²) in [5, 5.41) is 12.5. The molecule has 0 saturated heterocycles. The summed E-state index contributed by atoms with van der Waals surface area (Å²) in [4.78, 5) is 24.4. The maximum Gasteiger partial charge on any atom is 0.285 e. The fraction of sp³-hybridized carbons (Fsp3) is 0.312. The van der Waals surface area contributed by atoms with Crippen LogP contribution in [0.2, 0.25) is 5.02 Å². The topological polar surface area (TPSA) is 81.4 Å². The summed E-state index contributed by atoms with van der Waals surface area (Å²) in [7, 11) is 1.37. The van der Waals surface area contributed by atoms with E-state index in [1.165, 1.54) is 13.1 Å². The second kappa shape index (κ2) is 8.84. The summed E-state index contributed by atoms with van der Waals surface area (Å²) in [6.45, 7) is -0.563. The summed E-state index contributed by atoms with van der Waals surface area (Å²) in [5.41, 5.74) is -0.177. The smallest absolute Gasteiger partial charge is 0.285 e. The lowest BCUT2D eigenvalue weighted by molar-refractivity contribution is 0.0657. The van der Waals surface area contributed by atoms with Crippen LogP contribution in [0.5, 0.6) is 0 Å². The fourth-order valence-corrected chi connectivity index (χ4v) is 2.90. The van der Waals surface area contributed by atoms with E-state index < -0.39 is 17.2 Å². The molecule has 0 aliphatic rings. The Morgan fingerprint density at radius 2 is 2.20 bits per heavy atom. The van der Waals surface area contributed by atoms with Crippen LogP contribution in [0.1, 0.15) is 21.6 Å². The number of aliphatic hydroxyl groups excluding tert-OH is 1. The van der Waals surface area contributed by atoms with Crippen molar-refractivity contribution in [2.75, 3.05) is 19.8 Å². The van der Waals surface area contributed by atoms with Gasteiger partial charge in [0.05, 0.1) is 13.2 Å². The highest BCUT2D eigenvalue weighted by atomic mass is 127. The molecular weight excluding hydrogens is 466 g/mol. The number of ether oxygens (including phenoxy) is 1. The monoisotopic (exact) mass is 480 g/mol. The summed E-state index contributed by atoms with van der Waals surface area (Å²) < 4.78 is 20.8. The molecule has 0 aliphatic heterocycles. The van der Waals surface area contributed by atoms with Gasteiger partial charge in [-0.25, -0.2) is 9.07 Å². The lowest BCUT2D eigenvalue weighted by atomic mass is 10.0. The third-order valence-electron chi connectivity index (χ3n) is 3.40. The molecule has 0 radical (unpaired) electrons. The lowest BCUT2D eigenvalue weighted by Gasteiger charge is -2.12. The molecule has 0 amide bonds. The second-order valence-corrected chi connectivity index (χ2v) is 6.81. The van der Waals surface area contributed by atoms with Crippen molar-refractivity contribution in [1.82, 2.24) is 9.78 Å². The number of halogens is 3. The van der Waals surface area contributed by atoms with E-state index in [1.807, 2.05) is 22.6 Å². The van der Waals surface area contributed by atoms with Crippen molar-refractivity contribution in [1.29, 1.82) is 0 Å². The Labute approximate surface area is 161 Å². The van der Waals surface area contributed by atoms with Crippen LogP contribution >= 0.6 is 34.2 Å². The van der Waals surface area contributed by atoms with Crippen LogP contribution in [0, 0.1) is 9.39 Å². The average molecular weight is 481 g/mol. The van der Waals surface area contributed by atoms with Gasteiger partial charge in [-0.1, -0.05) is 17.7 Å². The Morgan fingerprint density at radius 3 is 2.84 bits per heavy atom. The summed E-state index contributed by atoms with van der Waals surface area (Å²) in [6.07, 6.45) is -0.0499. The fourth-order valence-electron chi connectivity index (χ4n) is 2.17. The molecule has 9 heteroatoms. The third-order valence-corrected chi connectivity index (χ3v) is 4.46. The molecule has 2 rings (SSSR count). The van der Waals surface area contributed by atoms with E-state index in [4.69, 9.17) is 21.4 Å². The molecule has 0 saturated carbocycles. The van der Waals surface area contributed by atoms with Crippen molar-refractivity contribution < 1.29 is 19.0 Å². The van der Waals surface area contributed by atoms with E-state index in [0.29, 0.717) is 5.56 Å². The van der Waals surface area contributed by atoms with Crippen LogP contribution in [0.4, 0.5) is 4.39 Å². The molecule has 0 aliphatic carbocycles. The number of benzene rings is 1. The van der Waals surface area contributed by atoms with Crippen LogP contribution in [0.3, 0.4) is 0 Å². The van der Waals surface area contributed by atoms with E-state index in [0.717, 1.165) is 8.25 Å². The first-order chi connectivity index (χ1) is 11.8. The Morgan fingerprint density at radius 1 is 1.48 bits per heavy atom. The third kappa shape index (κ3) is 4.84. The molecule has 0 spiro atoms. The van der Waals surface area contributed by atoms with Crippen LogP contribution in [0.25, 0.3) is 0 Å². The summed E-state index contributed by atoms with van der Waals surface area (Å²) in [5.74, 6) is -0.967. The molecule has 0 unspecified atom stereocenters. The van der Waals surface area contributed by atoms with Crippen molar-refractivity contribution in [3.8, 4) is 0 Å². The Balaban J connectivity index is 2.45. The van der Waals surface area contributed by atoms with Gasteiger partial charge in [0.15, 0.2) is 0 Å². The number of Topliss-reactive ketones (excluding diaryl/α,β-unsaturated/α-hetero) is 1. The summed E-state index contributed by atoms with van der Waals surface area (Å²) in [6, 6.07) is 4.64. The molecule has 1 N–H and O–H groups in total. The Bertz CT molecular complexity index is 857. The minimum Gasteiger partial charge on any atom is -0.394 e. The Kier molecular flexibility index (Phi) is 7.05. The van der Waals surface area contributed by atoms with Gasteiger partial charge in [0, 0.05) is 22.6 Å². The zero-order valence-corrected chi connectivity index (χ0v) is 16.2. The highest BCUT2D eigenvalue weighted by Crippen LogP contribution is 2.22. The second-order valence-electron chi connectivity index (χ2n) is 5.18. The number of aryl methyl sites for hydroxylation is 1. The normalized spacial score (nSPS) is 10.9. The molecule has 1 aromatic carbocycles. The number of ketones is 1. The number of nitrogens with zero attached hydrogens (tertiary/aromatic N) is 2. The number of hydrogen-bond donors (Lipinski definition) is 1. The minimum absolute atomic E-state index is 0.00762. The van der Waals surface area contributed by atoms with Gasteiger partial charge in [-0.15, -0.1) is 0 Å². The van der Waals surface area contributed by atoms with E-state index in [9.17, 15) is 14.0 Å². The highest BCUT2D eigenvalue weighted by molar-refractivity contribution is 14.1. The molecule has 2 aromatic rings. The molecule has 1 heterocycles. The first kappa shape index (κ1) is 20.0. The molecule has 134 valence electrons.